The van der Waals surface area contributed by atoms with Crippen molar-refractivity contribution < 1.29 is 14.7 Å². The molecule has 2 aromatic rings. The highest BCUT2D eigenvalue weighted by atomic mass is 16.4. The van der Waals surface area contributed by atoms with Gasteiger partial charge < -0.3 is 15.7 Å². The van der Waals surface area contributed by atoms with Crippen LogP contribution in [0.2, 0.25) is 0 Å². The van der Waals surface area contributed by atoms with E-state index in [9.17, 15) is 9.59 Å². The summed E-state index contributed by atoms with van der Waals surface area (Å²) in [4.78, 5) is 22.6. The van der Waals surface area contributed by atoms with E-state index in [2.05, 4.69) is 10.6 Å². The molecule has 1 aliphatic heterocycles. The molecule has 100 valence electrons. The van der Waals surface area contributed by atoms with Crippen LogP contribution in [0.15, 0.2) is 54.2 Å². The molecule has 1 atom stereocenters. The molecule has 0 fully saturated rings. The van der Waals surface area contributed by atoms with Gasteiger partial charge in [0.1, 0.15) is 5.70 Å². The predicted octanol–water partition coefficient (Wildman–Crippen LogP) is 2.16. The van der Waals surface area contributed by atoms with Crippen LogP contribution in [-0.2, 0) is 4.79 Å². The Kier molecular flexibility index (Phi) is 2.87. The molecule has 0 aliphatic carbocycles. The topological polar surface area (TPSA) is 78.4 Å². The molecule has 0 bridgehead atoms. The predicted molar refractivity (Wildman–Crippen MR) is 74.1 cm³/mol. The molecule has 1 heterocycles. The van der Waals surface area contributed by atoms with Crippen LogP contribution in [0.4, 0.5) is 4.79 Å². The summed E-state index contributed by atoms with van der Waals surface area (Å²) in [5, 5.41) is 16.1. The van der Waals surface area contributed by atoms with Gasteiger partial charge in [-0.15, -0.1) is 0 Å². The van der Waals surface area contributed by atoms with E-state index in [1.165, 1.54) is 6.08 Å². The lowest BCUT2D eigenvalue weighted by molar-refractivity contribution is -0.133. The maximum absolute atomic E-state index is 11.6. The van der Waals surface area contributed by atoms with Crippen LogP contribution < -0.4 is 10.6 Å². The number of hydrogen-bond donors (Lipinski definition) is 3. The summed E-state index contributed by atoms with van der Waals surface area (Å²) in [7, 11) is 0. The third-order valence-electron chi connectivity index (χ3n) is 3.26. The van der Waals surface area contributed by atoms with Crippen LogP contribution in [0.3, 0.4) is 0 Å². The van der Waals surface area contributed by atoms with Crippen molar-refractivity contribution in [1.29, 1.82) is 0 Å². The second-order valence-corrected chi connectivity index (χ2v) is 4.53. The van der Waals surface area contributed by atoms with Crippen molar-refractivity contribution in [2.45, 2.75) is 6.04 Å². The van der Waals surface area contributed by atoms with Gasteiger partial charge in [-0.25, -0.2) is 9.59 Å². The molecule has 0 saturated carbocycles. The Morgan fingerprint density at radius 3 is 2.65 bits per heavy atom. The highest BCUT2D eigenvalue weighted by molar-refractivity contribution is 5.95. The first kappa shape index (κ1) is 12.2. The molecule has 20 heavy (non-hydrogen) atoms. The summed E-state index contributed by atoms with van der Waals surface area (Å²) in [6, 6.07) is 12.6. The SMILES string of the molecule is O=C1NC(C(=O)O)=CC(c2cccc3ccccc23)N1. The molecule has 0 spiro atoms. The molecule has 0 aromatic heterocycles. The number of aliphatic carboxylic acids is 1. The molecule has 2 aromatic carbocycles. The first-order valence-corrected chi connectivity index (χ1v) is 6.15. The number of benzene rings is 2. The molecule has 1 unspecified atom stereocenters. The third kappa shape index (κ3) is 2.09. The highest BCUT2D eigenvalue weighted by Crippen LogP contribution is 2.26. The van der Waals surface area contributed by atoms with Gasteiger partial charge in [0.05, 0.1) is 6.04 Å². The summed E-state index contributed by atoms with van der Waals surface area (Å²) in [6.45, 7) is 0. The molecule has 5 nitrogen and oxygen atoms in total. The minimum Gasteiger partial charge on any atom is -0.477 e. The fourth-order valence-electron chi connectivity index (χ4n) is 2.36. The summed E-state index contributed by atoms with van der Waals surface area (Å²) in [5.74, 6) is -1.15. The van der Waals surface area contributed by atoms with Crippen LogP contribution in [0.25, 0.3) is 10.8 Å². The first-order valence-electron chi connectivity index (χ1n) is 6.15. The standard InChI is InChI=1S/C15H12N2O3/c18-14(19)13-8-12(16-15(20)17-13)11-7-3-5-9-4-1-2-6-10(9)11/h1-8,12H,(H,18,19)(H2,16,17,20). The van der Waals surface area contributed by atoms with E-state index in [1.807, 2.05) is 42.5 Å². The molecular formula is C15H12N2O3. The number of carbonyl (C=O) groups excluding carboxylic acids is 1. The summed E-state index contributed by atoms with van der Waals surface area (Å²) < 4.78 is 0. The second kappa shape index (κ2) is 4.70. The molecule has 0 saturated heterocycles. The zero-order valence-electron chi connectivity index (χ0n) is 10.5. The Balaban J connectivity index is 2.13. The van der Waals surface area contributed by atoms with E-state index in [4.69, 9.17) is 5.11 Å². The van der Waals surface area contributed by atoms with Crippen molar-refractivity contribution in [2.75, 3.05) is 0 Å². The fraction of sp³-hybridized carbons (Fsp3) is 0.0667. The fourth-order valence-corrected chi connectivity index (χ4v) is 2.36. The molecule has 3 N–H and O–H groups in total. The van der Waals surface area contributed by atoms with Gasteiger partial charge in [0, 0.05) is 0 Å². The maximum atomic E-state index is 11.6. The smallest absolute Gasteiger partial charge is 0.352 e. The molecule has 0 radical (unpaired) electrons. The van der Waals surface area contributed by atoms with Crippen molar-refractivity contribution in [3.63, 3.8) is 0 Å². The lowest BCUT2D eigenvalue weighted by atomic mass is 9.97. The van der Waals surface area contributed by atoms with Crippen molar-refractivity contribution in [3.8, 4) is 0 Å². The van der Waals surface area contributed by atoms with Crippen molar-refractivity contribution in [1.82, 2.24) is 10.6 Å². The minimum absolute atomic E-state index is 0.105. The highest BCUT2D eigenvalue weighted by Gasteiger charge is 2.24. The number of fused-ring (bicyclic) bond motifs is 1. The average molecular weight is 268 g/mol. The summed E-state index contributed by atoms with van der Waals surface area (Å²) in [5.41, 5.74) is 0.767. The van der Waals surface area contributed by atoms with Crippen molar-refractivity contribution >= 4 is 22.8 Å². The van der Waals surface area contributed by atoms with Crippen molar-refractivity contribution in [2.24, 2.45) is 0 Å². The zero-order chi connectivity index (χ0) is 14.1. The van der Waals surface area contributed by atoms with E-state index < -0.39 is 18.0 Å². The van der Waals surface area contributed by atoms with E-state index in [0.717, 1.165) is 16.3 Å². The first-order chi connectivity index (χ1) is 9.65. The number of urea groups is 1. The molecule has 5 heteroatoms. The monoisotopic (exact) mass is 268 g/mol. The maximum Gasteiger partial charge on any atom is 0.352 e. The van der Waals surface area contributed by atoms with Gasteiger partial charge in [0.25, 0.3) is 0 Å². The Bertz CT molecular complexity index is 731. The van der Waals surface area contributed by atoms with Crippen LogP contribution >= 0.6 is 0 Å². The quantitative estimate of drug-likeness (QED) is 0.781. The van der Waals surface area contributed by atoms with Gasteiger partial charge in [0.2, 0.25) is 0 Å². The normalized spacial score (nSPS) is 18.1. The lowest BCUT2D eigenvalue weighted by Gasteiger charge is -2.23. The Hall–Kier alpha value is -2.82. The zero-order valence-corrected chi connectivity index (χ0v) is 10.5. The minimum atomic E-state index is -1.15. The van der Waals surface area contributed by atoms with Gasteiger partial charge in [0.15, 0.2) is 0 Å². The average Bonchev–Trinajstić information content (AvgIpc) is 2.46. The number of rotatable bonds is 2. The number of nitrogens with one attached hydrogen (secondary N) is 2. The lowest BCUT2D eigenvalue weighted by Crippen LogP contribution is -2.43. The molecule has 1 aliphatic rings. The van der Waals surface area contributed by atoms with Gasteiger partial charge >= 0.3 is 12.0 Å². The molecular weight excluding hydrogens is 256 g/mol. The van der Waals surface area contributed by atoms with E-state index in [0.29, 0.717) is 0 Å². The van der Waals surface area contributed by atoms with Crippen LogP contribution in [-0.4, -0.2) is 17.1 Å². The van der Waals surface area contributed by atoms with Crippen LogP contribution in [0.1, 0.15) is 11.6 Å². The number of carboxylic acid groups (broad SMARTS) is 1. The Morgan fingerprint density at radius 1 is 1.10 bits per heavy atom. The van der Waals surface area contributed by atoms with Gasteiger partial charge in [-0.05, 0) is 22.4 Å². The molecule has 3 rings (SSSR count). The van der Waals surface area contributed by atoms with E-state index in [1.54, 1.807) is 0 Å². The second-order valence-electron chi connectivity index (χ2n) is 4.53. The largest absolute Gasteiger partial charge is 0.477 e. The van der Waals surface area contributed by atoms with E-state index >= 15 is 0 Å². The third-order valence-corrected chi connectivity index (χ3v) is 3.26. The number of carboxylic acids is 1. The number of amides is 2. The van der Waals surface area contributed by atoms with Crippen molar-refractivity contribution in [3.05, 3.63) is 59.8 Å². The van der Waals surface area contributed by atoms with E-state index in [-0.39, 0.29) is 5.70 Å². The summed E-state index contributed by atoms with van der Waals surface area (Å²) >= 11 is 0. The van der Waals surface area contributed by atoms with Crippen LogP contribution in [0.5, 0.6) is 0 Å². The van der Waals surface area contributed by atoms with Crippen LogP contribution in [0, 0.1) is 0 Å². The van der Waals surface area contributed by atoms with Gasteiger partial charge in [-0.3, -0.25) is 0 Å². The van der Waals surface area contributed by atoms with Gasteiger partial charge in [-0.1, -0.05) is 42.5 Å². The Morgan fingerprint density at radius 2 is 1.85 bits per heavy atom. The molecule has 2 amide bonds. The number of carbonyl (C=O) groups is 2. The Labute approximate surface area is 114 Å². The number of hydrogen-bond acceptors (Lipinski definition) is 2. The van der Waals surface area contributed by atoms with Gasteiger partial charge in [-0.2, -0.15) is 0 Å². The summed E-state index contributed by atoms with van der Waals surface area (Å²) in [6.07, 6.45) is 1.51.